The van der Waals surface area contributed by atoms with Crippen LogP contribution in [-0.2, 0) is 0 Å². The molecule has 2 atom stereocenters. The van der Waals surface area contributed by atoms with Crippen LogP contribution in [0.25, 0.3) is 0 Å². The van der Waals surface area contributed by atoms with E-state index >= 15 is 0 Å². The molecule has 0 aliphatic rings. The molecule has 0 aromatic carbocycles. The van der Waals surface area contributed by atoms with Crippen LogP contribution in [0.3, 0.4) is 0 Å². The van der Waals surface area contributed by atoms with Crippen molar-refractivity contribution in [3.05, 3.63) is 0 Å². The Morgan fingerprint density at radius 3 is 0.711 bits per heavy atom. The molecule has 0 unspecified atom stereocenters. The molecule has 0 aliphatic heterocycles. The zero-order chi connectivity index (χ0) is 30.1. The first-order chi connectivity index (χ1) is 16.8. The van der Waals surface area contributed by atoms with Crippen LogP contribution in [0.15, 0.2) is 0 Å². The zero-order valence-corrected chi connectivity index (χ0v) is 38.1. The molecular weight excluding hydrogens is 642 g/mol. The van der Waals surface area contributed by atoms with Gasteiger partial charge in [0, 0.05) is 24.2 Å². The van der Waals surface area contributed by atoms with Gasteiger partial charge in [-0.05, 0) is 81.3 Å². The van der Waals surface area contributed by atoms with Crippen LogP contribution in [-0.4, -0.2) is 74.5 Å². The second kappa shape index (κ2) is 12.6. The summed E-state index contributed by atoms with van der Waals surface area (Å²) < 4.78 is 12.8. The monoisotopic (exact) mass is 706 g/mol. The Morgan fingerprint density at radius 2 is 0.579 bits per heavy atom. The highest BCUT2D eigenvalue weighted by molar-refractivity contribution is 9.22. The van der Waals surface area contributed by atoms with Gasteiger partial charge >= 0.3 is 0 Å². The molecule has 0 spiro atoms. The molecule has 2 aromatic rings. The van der Waals surface area contributed by atoms with Gasteiger partial charge in [0.1, 0.15) is 32.9 Å². The highest BCUT2D eigenvalue weighted by Crippen LogP contribution is 3.22. The molecule has 0 amide bonds. The minimum Gasteiger partial charge on any atom is -0.305 e. The summed E-state index contributed by atoms with van der Waals surface area (Å²) in [5.41, 5.74) is 0. The van der Waals surface area contributed by atoms with Gasteiger partial charge in [0.15, 0.2) is 0 Å². The molecule has 0 saturated carbocycles. The second-order valence-electron chi connectivity index (χ2n) is 16.1. The number of nitrogens with zero attached hydrogens (tertiary/aromatic N) is 4. The average Bonchev–Trinajstić information content (AvgIpc) is 3.46. The SMILES string of the molecule is CC(C)N(C(C)C)[P@@](N([Si](C)(C)C)[Si](C)(C)C)p1p2p([P@@](N(C(C)C)C(C)C)N([Si](C)(C)C)[Si](C)(C)C)p12. The summed E-state index contributed by atoms with van der Waals surface area (Å²) in [5.74, 6) is 0. The summed E-state index contributed by atoms with van der Waals surface area (Å²) in [6, 6.07) is 2.62. The molecule has 14 heteroatoms. The molecule has 0 bridgehead atoms. The Balaban J connectivity index is 2.79. The molecule has 0 fully saturated rings. The maximum Gasteiger partial charge on any atom is 0.117 e. The average molecular weight is 707 g/mol. The smallest absolute Gasteiger partial charge is 0.117 e. The van der Waals surface area contributed by atoms with Crippen LogP contribution < -0.4 is 0 Å². The third-order valence-electron chi connectivity index (χ3n) is 6.49. The Kier molecular flexibility index (Phi) is 12.3. The maximum absolute atomic E-state index is 3.31. The van der Waals surface area contributed by atoms with Gasteiger partial charge < -0.3 is 8.00 Å². The van der Waals surface area contributed by atoms with Crippen LogP contribution in [0.2, 0.25) is 78.6 Å². The van der Waals surface area contributed by atoms with Crippen LogP contribution in [0.1, 0.15) is 55.4 Å². The first-order valence-corrected chi connectivity index (χ1v) is 41.3. The normalized spacial score (nSPS) is 18.9. The number of rotatable bonds is 14. The predicted octanol–water partition coefficient (Wildman–Crippen LogP) is 13.2. The minimum absolute atomic E-state index is 0.132. The molecule has 2 rings (SSSR count). The molecule has 38 heavy (non-hydrogen) atoms. The van der Waals surface area contributed by atoms with Gasteiger partial charge in [-0.15, -0.1) is 0 Å². The number of fused-ring (bicyclic) bond motifs is 1. The Hall–Kier alpha value is 2.77. The van der Waals surface area contributed by atoms with Gasteiger partial charge in [0.25, 0.3) is 0 Å². The fraction of sp³-hybridized carbons (Fsp3) is 1.00. The Bertz CT molecular complexity index is 859. The fourth-order valence-electron chi connectivity index (χ4n) is 6.27. The summed E-state index contributed by atoms with van der Waals surface area (Å²) in [4.78, 5) is 0. The molecule has 2 heterocycles. The van der Waals surface area contributed by atoms with Gasteiger partial charge in [-0.1, -0.05) is 78.6 Å². The highest BCUT2D eigenvalue weighted by atomic mass is 33.3. The van der Waals surface area contributed by atoms with E-state index in [-0.39, 0.29) is 29.0 Å². The van der Waals surface area contributed by atoms with Gasteiger partial charge in [-0.3, -0.25) is 9.34 Å². The standard InChI is InChI=1S/C24H64N4P6Si4/c1-21(2)25(22(3)4)29(27(35(9,10)11)36(12,13)14)31-33-32(34(31)33)30(26(23(5)6)24(7)8)28(37(15,16)17)38(18,19)20/h21-24H,1-20H3/t29-,30-,31?,32?,33?,34?/m0/s1. The molecule has 4 nitrogen and oxygen atoms in total. The molecule has 0 radical (unpaired) electrons. The highest BCUT2D eigenvalue weighted by Gasteiger charge is 2.55. The zero-order valence-electron chi connectivity index (χ0n) is 28.8. The van der Waals surface area contributed by atoms with E-state index in [0.717, 1.165) is 0 Å². The lowest BCUT2D eigenvalue weighted by molar-refractivity contribution is 0.321. The van der Waals surface area contributed by atoms with Gasteiger partial charge in [-0.25, -0.2) is 0 Å². The lowest BCUT2D eigenvalue weighted by Gasteiger charge is -2.54. The van der Waals surface area contributed by atoms with Crippen LogP contribution in [0.4, 0.5) is 0 Å². The molecule has 2 aromatic heterocycles. The Labute approximate surface area is 248 Å². The van der Waals surface area contributed by atoms with Crippen molar-refractivity contribution in [2.24, 2.45) is 0 Å². The van der Waals surface area contributed by atoms with E-state index in [1.165, 1.54) is 0 Å². The molecule has 0 aliphatic carbocycles. The third kappa shape index (κ3) is 8.07. The van der Waals surface area contributed by atoms with E-state index in [1.807, 2.05) is 0 Å². The lowest BCUT2D eigenvalue weighted by Crippen LogP contribution is -2.57. The quantitative estimate of drug-likeness (QED) is 0.143. The summed E-state index contributed by atoms with van der Waals surface area (Å²) in [6.45, 7) is 52.5. The molecule has 0 N–H and O–H groups in total. The first kappa shape index (κ1) is 37.0. The van der Waals surface area contributed by atoms with E-state index in [9.17, 15) is 0 Å². The number of hydrogen-bond donors (Lipinski definition) is 0. The van der Waals surface area contributed by atoms with E-state index in [0.29, 0.717) is 36.9 Å². The van der Waals surface area contributed by atoms with E-state index < -0.39 is 32.9 Å². The van der Waals surface area contributed by atoms with E-state index in [1.54, 1.807) is 0 Å². The van der Waals surface area contributed by atoms with Crippen molar-refractivity contribution in [1.82, 2.24) is 17.3 Å². The topological polar surface area (TPSA) is 13.0 Å². The summed E-state index contributed by atoms with van der Waals surface area (Å²) in [6.07, 6.45) is 0.695. The second-order valence-corrected chi connectivity index (χ2v) is 70.5. The van der Waals surface area contributed by atoms with Crippen molar-refractivity contribution in [1.29, 1.82) is 0 Å². The van der Waals surface area contributed by atoms with Crippen molar-refractivity contribution in [2.45, 2.75) is 158 Å². The van der Waals surface area contributed by atoms with Gasteiger partial charge in [-0.2, -0.15) is 0 Å². The molecule has 226 valence electrons. The van der Waals surface area contributed by atoms with Crippen LogP contribution in [0, 0.1) is 0 Å². The van der Waals surface area contributed by atoms with Crippen LogP contribution >= 0.6 is 41.7 Å². The first-order valence-electron chi connectivity index (χ1n) is 14.7. The molecule has 0 saturated heterocycles. The Morgan fingerprint density at radius 1 is 0.395 bits per heavy atom. The largest absolute Gasteiger partial charge is 0.305 e. The van der Waals surface area contributed by atoms with E-state index in [2.05, 4.69) is 151 Å². The fourth-order valence-corrected chi connectivity index (χ4v) is 159. The molecular formula is C24H64N4P6Si4. The van der Waals surface area contributed by atoms with Crippen molar-refractivity contribution in [3.63, 3.8) is 0 Å². The number of hydrogen-bond acceptors (Lipinski definition) is 4. The predicted molar refractivity (Wildman–Crippen MR) is 203 cm³/mol. The summed E-state index contributed by atoms with van der Waals surface area (Å²) >= 11 is 0. The minimum atomic E-state index is -1.44. The van der Waals surface area contributed by atoms with Crippen molar-refractivity contribution >= 4 is 74.7 Å². The summed E-state index contributed by atoms with van der Waals surface area (Å²) in [7, 11) is -6.01. The van der Waals surface area contributed by atoms with Gasteiger partial charge in [0.05, 0.1) is 15.8 Å². The van der Waals surface area contributed by atoms with E-state index in [4.69, 9.17) is 0 Å². The maximum atomic E-state index is 3.31. The van der Waals surface area contributed by atoms with Crippen molar-refractivity contribution in [2.75, 3.05) is 0 Å². The lowest BCUT2D eigenvalue weighted by atomic mass is 10.3. The van der Waals surface area contributed by atoms with Crippen LogP contribution in [0.5, 0.6) is 0 Å². The van der Waals surface area contributed by atoms with Crippen molar-refractivity contribution in [3.8, 4) is 0 Å². The summed E-state index contributed by atoms with van der Waals surface area (Å²) in [5, 5.41) is 0. The third-order valence-corrected chi connectivity index (χ3v) is 94.6. The van der Waals surface area contributed by atoms with Gasteiger partial charge in [0.2, 0.25) is 0 Å². The van der Waals surface area contributed by atoms with Crippen molar-refractivity contribution < 1.29 is 0 Å².